The molecule has 3 atom stereocenters. The SMILES string of the molecule is CCCCCCCCC=CC=CC=C[C@H](SCC(N)C(=O)NCC(=O)O)[C@H](O)CCCCO. The smallest absolute Gasteiger partial charge is 0.322 e. The van der Waals surface area contributed by atoms with Gasteiger partial charge in [0.2, 0.25) is 5.91 Å². The lowest BCUT2D eigenvalue weighted by Gasteiger charge is -2.21. The largest absolute Gasteiger partial charge is 0.480 e. The number of aliphatic carboxylic acids is 1. The summed E-state index contributed by atoms with van der Waals surface area (Å²) in [5, 5.41) is 30.1. The Morgan fingerprint density at radius 2 is 1.70 bits per heavy atom. The van der Waals surface area contributed by atoms with Crippen molar-refractivity contribution in [2.45, 2.75) is 88.5 Å². The molecule has 0 spiro atoms. The second-order valence-electron chi connectivity index (χ2n) is 8.06. The molecule has 0 rings (SSSR count). The fraction of sp³-hybridized carbons (Fsp3) is 0.680. The maximum Gasteiger partial charge on any atom is 0.322 e. The third kappa shape index (κ3) is 19.6. The van der Waals surface area contributed by atoms with Gasteiger partial charge >= 0.3 is 5.97 Å². The summed E-state index contributed by atoms with van der Waals surface area (Å²) >= 11 is 1.36. The molecule has 1 unspecified atom stereocenters. The molecule has 190 valence electrons. The zero-order valence-electron chi connectivity index (χ0n) is 20.0. The van der Waals surface area contributed by atoms with Crippen molar-refractivity contribution in [1.82, 2.24) is 5.32 Å². The summed E-state index contributed by atoms with van der Waals surface area (Å²) < 4.78 is 0. The van der Waals surface area contributed by atoms with Crippen LogP contribution < -0.4 is 11.1 Å². The second-order valence-corrected chi connectivity index (χ2v) is 9.27. The van der Waals surface area contributed by atoms with Crippen LogP contribution in [0.25, 0.3) is 0 Å². The van der Waals surface area contributed by atoms with E-state index in [1.54, 1.807) is 0 Å². The lowest BCUT2D eigenvalue weighted by molar-refractivity contribution is -0.138. The van der Waals surface area contributed by atoms with Gasteiger partial charge in [0.25, 0.3) is 0 Å². The van der Waals surface area contributed by atoms with Crippen LogP contribution in [-0.2, 0) is 9.59 Å². The van der Waals surface area contributed by atoms with E-state index in [1.165, 1.54) is 50.3 Å². The molecule has 0 aromatic carbocycles. The normalized spacial score (nSPS) is 14.8. The number of nitrogens with two attached hydrogens (primary N) is 1. The van der Waals surface area contributed by atoms with Crippen LogP contribution in [0, 0.1) is 0 Å². The maximum absolute atomic E-state index is 11.9. The van der Waals surface area contributed by atoms with E-state index in [0.29, 0.717) is 19.3 Å². The third-order valence-electron chi connectivity index (χ3n) is 5.00. The van der Waals surface area contributed by atoms with E-state index in [0.717, 1.165) is 6.42 Å². The molecule has 0 heterocycles. The molecule has 6 N–H and O–H groups in total. The molecule has 0 aromatic heterocycles. The summed E-state index contributed by atoms with van der Waals surface area (Å²) in [6.45, 7) is 1.84. The highest BCUT2D eigenvalue weighted by Gasteiger charge is 2.21. The average Bonchev–Trinajstić information content (AvgIpc) is 2.79. The Morgan fingerprint density at radius 1 is 1.00 bits per heavy atom. The van der Waals surface area contributed by atoms with Crippen molar-refractivity contribution >= 4 is 23.6 Å². The highest BCUT2D eigenvalue weighted by atomic mass is 32.2. The minimum absolute atomic E-state index is 0.0861. The number of hydrogen-bond acceptors (Lipinski definition) is 6. The van der Waals surface area contributed by atoms with Crippen molar-refractivity contribution in [3.8, 4) is 0 Å². The molecule has 0 radical (unpaired) electrons. The molecule has 0 bridgehead atoms. The summed E-state index contributed by atoms with van der Waals surface area (Å²) in [6, 6.07) is -0.865. The van der Waals surface area contributed by atoms with E-state index in [-0.39, 0.29) is 17.6 Å². The van der Waals surface area contributed by atoms with Crippen LogP contribution in [-0.4, -0.2) is 63.5 Å². The highest BCUT2D eigenvalue weighted by molar-refractivity contribution is 8.00. The molecule has 0 aliphatic rings. The fourth-order valence-electron chi connectivity index (χ4n) is 3.03. The zero-order chi connectivity index (χ0) is 24.7. The number of hydrogen-bond donors (Lipinski definition) is 5. The number of aliphatic hydroxyl groups excluding tert-OH is 2. The number of nitrogens with one attached hydrogen (secondary N) is 1. The van der Waals surface area contributed by atoms with E-state index in [4.69, 9.17) is 15.9 Å². The van der Waals surface area contributed by atoms with Gasteiger partial charge in [-0.3, -0.25) is 9.59 Å². The molecule has 0 aromatic rings. The van der Waals surface area contributed by atoms with Gasteiger partial charge in [0.1, 0.15) is 6.54 Å². The molecule has 7 nitrogen and oxygen atoms in total. The molecule has 0 fully saturated rings. The van der Waals surface area contributed by atoms with Crippen LogP contribution >= 0.6 is 11.8 Å². The monoisotopic (exact) mass is 484 g/mol. The number of thioether (sulfide) groups is 1. The van der Waals surface area contributed by atoms with Gasteiger partial charge in [-0.1, -0.05) is 75.5 Å². The molecule has 0 saturated heterocycles. The van der Waals surface area contributed by atoms with Crippen molar-refractivity contribution in [2.75, 3.05) is 18.9 Å². The number of aliphatic hydroxyl groups is 2. The second kappa shape index (κ2) is 22.2. The Balaban J connectivity index is 4.53. The summed E-state index contributed by atoms with van der Waals surface area (Å²) in [5.41, 5.74) is 5.85. The Labute approximate surface area is 203 Å². The first-order valence-electron chi connectivity index (χ1n) is 12.1. The number of carbonyl (C=O) groups is 2. The maximum atomic E-state index is 11.9. The van der Waals surface area contributed by atoms with Gasteiger partial charge in [-0.15, -0.1) is 11.8 Å². The highest BCUT2D eigenvalue weighted by Crippen LogP contribution is 2.21. The molecule has 0 saturated carbocycles. The van der Waals surface area contributed by atoms with Gasteiger partial charge < -0.3 is 26.4 Å². The first-order valence-corrected chi connectivity index (χ1v) is 13.1. The minimum atomic E-state index is -1.13. The number of unbranched alkanes of at least 4 members (excludes halogenated alkanes) is 7. The van der Waals surface area contributed by atoms with Crippen molar-refractivity contribution in [3.05, 3.63) is 36.5 Å². The van der Waals surface area contributed by atoms with Gasteiger partial charge in [-0.2, -0.15) is 0 Å². The molecule has 0 aliphatic carbocycles. The fourth-order valence-corrected chi connectivity index (χ4v) is 4.17. The molecule has 0 aliphatic heterocycles. The Kier molecular flexibility index (Phi) is 21.1. The van der Waals surface area contributed by atoms with Crippen LogP contribution in [0.4, 0.5) is 0 Å². The van der Waals surface area contributed by atoms with Crippen molar-refractivity contribution < 1.29 is 24.9 Å². The van der Waals surface area contributed by atoms with Crippen molar-refractivity contribution in [3.63, 3.8) is 0 Å². The first kappa shape index (κ1) is 31.4. The van der Waals surface area contributed by atoms with E-state index in [1.807, 2.05) is 30.4 Å². The average molecular weight is 485 g/mol. The Hall–Kier alpha value is -1.61. The molecule has 1 amide bonds. The molecule has 8 heteroatoms. The van der Waals surface area contributed by atoms with Crippen molar-refractivity contribution in [2.24, 2.45) is 5.73 Å². The van der Waals surface area contributed by atoms with Gasteiger partial charge in [-0.05, 0) is 32.1 Å². The zero-order valence-corrected chi connectivity index (χ0v) is 20.8. The Morgan fingerprint density at radius 3 is 2.39 bits per heavy atom. The first-order chi connectivity index (χ1) is 15.9. The van der Waals surface area contributed by atoms with E-state index >= 15 is 0 Å². The van der Waals surface area contributed by atoms with Gasteiger partial charge in [0.15, 0.2) is 0 Å². The standard InChI is InChI=1S/C25H44N2O5S/c1-2-3-4-5-6-7-8-9-10-11-12-13-17-23(22(29)16-14-15-18-28)33-20-21(26)25(32)27-19-24(30)31/h9-13,17,21-23,28-29H,2-8,14-16,18-20,26H2,1H3,(H,27,32)(H,30,31)/t21?,22-,23+/m1/s1. The van der Waals surface area contributed by atoms with Crippen molar-refractivity contribution in [1.29, 1.82) is 0 Å². The van der Waals surface area contributed by atoms with Crippen LogP contribution in [0.3, 0.4) is 0 Å². The topological polar surface area (TPSA) is 133 Å². The predicted molar refractivity (Wildman–Crippen MR) is 137 cm³/mol. The quantitative estimate of drug-likeness (QED) is 0.124. The van der Waals surface area contributed by atoms with E-state index in [2.05, 4.69) is 18.3 Å². The van der Waals surface area contributed by atoms with Crippen LogP contribution in [0.5, 0.6) is 0 Å². The van der Waals surface area contributed by atoms with Crippen LogP contribution in [0.2, 0.25) is 0 Å². The number of amides is 1. The predicted octanol–water partition coefficient (Wildman–Crippen LogP) is 3.56. The number of allylic oxidation sites excluding steroid dienone is 5. The summed E-state index contributed by atoms with van der Waals surface area (Å²) in [7, 11) is 0. The third-order valence-corrected chi connectivity index (χ3v) is 6.41. The summed E-state index contributed by atoms with van der Waals surface area (Å²) in [5.74, 6) is -1.41. The number of carboxylic acids is 1. The minimum Gasteiger partial charge on any atom is -0.480 e. The molecule has 33 heavy (non-hydrogen) atoms. The lowest BCUT2D eigenvalue weighted by atomic mass is 10.1. The molecular weight excluding hydrogens is 440 g/mol. The van der Waals surface area contributed by atoms with Gasteiger partial charge in [-0.25, -0.2) is 0 Å². The summed E-state index contributed by atoms with van der Waals surface area (Å²) in [4.78, 5) is 22.4. The summed E-state index contributed by atoms with van der Waals surface area (Å²) in [6.07, 6.45) is 21.8. The van der Waals surface area contributed by atoms with Gasteiger partial charge in [0.05, 0.1) is 12.1 Å². The van der Waals surface area contributed by atoms with E-state index in [9.17, 15) is 14.7 Å². The number of carbonyl (C=O) groups excluding carboxylic acids is 1. The number of rotatable bonds is 21. The molecular formula is C25H44N2O5S. The number of carboxylic acid groups (broad SMARTS) is 1. The lowest BCUT2D eigenvalue weighted by Crippen LogP contribution is -2.44. The van der Waals surface area contributed by atoms with Crippen LogP contribution in [0.15, 0.2) is 36.5 Å². The Bertz CT molecular complexity index is 595. The van der Waals surface area contributed by atoms with E-state index < -0.39 is 30.6 Å². The van der Waals surface area contributed by atoms with Crippen LogP contribution in [0.1, 0.15) is 71.1 Å². The van der Waals surface area contributed by atoms with Gasteiger partial charge in [0, 0.05) is 17.6 Å².